The summed E-state index contributed by atoms with van der Waals surface area (Å²) in [5.41, 5.74) is 3.26. The van der Waals surface area contributed by atoms with Crippen molar-refractivity contribution < 1.29 is 4.48 Å². The number of aromatic nitrogens is 1. The highest BCUT2D eigenvalue weighted by molar-refractivity contribution is 8.00. The van der Waals surface area contributed by atoms with E-state index in [1.54, 1.807) is 22.9 Å². The Morgan fingerprint density at radius 3 is 2.88 bits per heavy atom. The van der Waals surface area contributed by atoms with Gasteiger partial charge in [0.1, 0.15) is 5.82 Å². The largest absolute Gasteiger partial charge is 0.310 e. The second kappa shape index (κ2) is 5.37. The standard InChI is InChI=1S/C11H12FN3S2/c1-8-5-9(3-4-10(8)15(2)12)17-14-11-6-16-7-13-11/h3-7,14H,1-2H3. The first kappa shape index (κ1) is 12.2. The molecule has 1 heterocycles. The normalized spacial score (nSPS) is 10.3. The van der Waals surface area contributed by atoms with Crippen molar-refractivity contribution in [3.63, 3.8) is 0 Å². The summed E-state index contributed by atoms with van der Waals surface area (Å²) in [6.45, 7) is 1.89. The van der Waals surface area contributed by atoms with Crippen LogP contribution in [-0.4, -0.2) is 12.0 Å². The van der Waals surface area contributed by atoms with Crippen LogP contribution in [0, 0.1) is 6.92 Å². The van der Waals surface area contributed by atoms with Crippen molar-refractivity contribution in [2.45, 2.75) is 11.8 Å². The quantitative estimate of drug-likeness (QED) is 0.673. The maximum Gasteiger partial charge on any atom is 0.147 e. The van der Waals surface area contributed by atoms with Crippen molar-refractivity contribution >= 4 is 34.8 Å². The minimum Gasteiger partial charge on any atom is -0.310 e. The molecule has 2 aromatic rings. The first-order valence-electron chi connectivity index (χ1n) is 4.98. The van der Waals surface area contributed by atoms with Crippen LogP contribution in [0.5, 0.6) is 0 Å². The second-order valence-electron chi connectivity index (χ2n) is 3.50. The van der Waals surface area contributed by atoms with Crippen LogP contribution < -0.4 is 9.84 Å². The van der Waals surface area contributed by atoms with Gasteiger partial charge in [-0.05, 0) is 42.6 Å². The van der Waals surface area contributed by atoms with E-state index in [1.807, 2.05) is 24.4 Å². The minimum absolute atomic E-state index is 0.586. The number of nitrogens with zero attached hydrogens (tertiary/aromatic N) is 2. The molecule has 0 saturated carbocycles. The van der Waals surface area contributed by atoms with Crippen LogP contribution in [0.25, 0.3) is 0 Å². The number of aryl methyl sites for hydroxylation is 1. The molecule has 17 heavy (non-hydrogen) atoms. The van der Waals surface area contributed by atoms with Gasteiger partial charge in [-0.1, -0.05) is 0 Å². The zero-order chi connectivity index (χ0) is 12.3. The Morgan fingerprint density at radius 2 is 2.29 bits per heavy atom. The summed E-state index contributed by atoms with van der Waals surface area (Å²) < 4.78 is 16.2. The van der Waals surface area contributed by atoms with Crippen molar-refractivity contribution in [2.75, 3.05) is 16.9 Å². The van der Waals surface area contributed by atoms with Gasteiger partial charge >= 0.3 is 0 Å². The van der Waals surface area contributed by atoms with Crippen LogP contribution in [0.3, 0.4) is 0 Å². The molecule has 6 heteroatoms. The summed E-state index contributed by atoms with van der Waals surface area (Å²) in [5.74, 6) is 0.837. The van der Waals surface area contributed by atoms with Gasteiger partial charge < -0.3 is 4.72 Å². The number of halogens is 1. The number of rotatable bonds is 4. The highest BCUT2D eigenvalue weighted by Crippen LogP contribution is 2.26. The van der Waals surface area contributed by atoms with Crippen molar-refractivity contribution in [3.05, 3.63) is 34.7 Å². The first-order chi connectivity index (χ1) is 8.16. The predicted octanol–water partition coefficient (Wildman–Crippen LogP) is 3.89. The van der Waals surface area contributed by atoms with Gasteiger partial charge in [0.15, 0.2) is 0 Å². The molecule has 0 amide bonds. The molecule has 1 aromatic heterocycles. The van der Waals surface area contributed by atoms with Gasteiger partial charge in [-0.15, -0.1) is 15.8 Å². The Balaban J connectivity index is 2.05. The number of hydrogen-bond acceptors (Lipinski definition) is 5. The number of hydrogen-bond donors (Lipinski definition) is 1. The van der Waals surface area contributed by atoms with Gasteiger partial charge in [-0.3, -0.25) is 0 Å². The fourth-order valence-corrected chi connectivity index (χ4v) is 2.68. The third-order valence-corrected chi connectivity index (χ3v) is 3.59. The van der Waals surface area contributed by atoms with E-state index in [9.17, 15) is 4.48 Å². The van der Waals surface area contributed by atoms with Gasteiger partial charge in [0.05, 0.1) is 11.2 Å². The average Bonchev–Trinajstić information content (AvgIpc) is 2.78. The summed E-state index contributed by atoms with van der Waals surface area (Å²) in [6.07, 6.45) is 0. The number of anilines is 2. The second-order valence-corrected chi connectivity index (χ2v) is 5.10. The van der Waals surface area contributed by atoms with E-state index >= 15 is 0 Å². The first-order valence-corrected chi connectivity index (χ1v) is 6.74. The van der Waals surface area contributed by atoms with E-state index in [2.05, 4.69) is 9.71 Å². The Labute approximate surface area is 108 Å². The van der Waals surface area contributed by atoms with Gasteiger partial charge in [0, 0.05) is 17.3 Å². The molecule has 0 atom stereocenters. The molecule has 0 spiro atoms. The third-order valence-electron chi connectivity index (χ3n) is 2.21. The molecule has 0 saturated heterocycles. The molecule has 0 bridgehead atoms. The van der Waals surface area contributed by atoms with Crippen LogP contribution in [0.15, 0.2) is 34.0 Å². The fourth-order valence-electron chi connectivity index (χ4n) is 1.41. The van der Waals surface area contributed by atoms with E-state index in [4.69, 9.17) is 0 Å². The van der Waals surface area contributed by atoms with E-state index < -0.39 is 0 Å². The van der Waals surface area contributed by atoms with Crippen molar-refractivity contribution in [2.24, 2.45) is 0 Å². The van der Waals surface area contributed by atoms with Crippen molar-refractivity contribution in [1.82, 2.24) is 4.98 Å². The SMILES string of the molecule is Cc1cc(SNc2cscn2)ccc1N(C)F. The Morgan fingerprint density at radius 1 is 1.47 bits per heavy atom. The molecule has 90 valence electrons. The fraction of sp³-hybridized carbons (Fsp3) is 0.182. The molecule has 0 aliphatic rings. The molecule has 0 aliphatic heterocycles. The maximum absolute atomic E-state index is 13.0. The maximum atomic E-state index is 13.0. The van der Waals surface area contributed by atoms with E-state index in [-0.39, 0.29) is 0 Å². The van der Waals surface area contributed by atoms with Gasteiger partial charge in [0.2, 0.25) is 0 Å². The average molecular weight is 269 g/mol. The van der Waals surface area contributed by atoms with Gasteiger partial charge in [-0.2, -0.15) is 0 Å². The lowest BCUT2D eigenvalue weighted by Gasteiger charge is -2.11. The summed E-state index contributed by atoms with van der Waals surface area (Å²) in [7, 11) is 1.39. The molecule has 3 nitrogen and oxygen atoms in total. The number of benzene rings is 1. The lowest BCUT2D eigenvalue weighted by molar-refractivity contribution is 0.475. The smallest absolute Gasteiger partial charge is 0.147 e. The van der Waals surface area contributed by atoms with Crippen LogP contribution in [0.4, 0.5) is 16.0 Å². The molecule has 1 aromatic carbocycles. The molecule has 2 rings (SSSR count). The van der Waals surface area contributed by atoms with E-state index in [1.165, 1.54) is 19.0 Å². The van der Waals surface area contributed by atoms with Gasteiger partial charge in [-0.25, -0.2) is 10.1 Å². The number of thiazole rings is 1. The molecule has 0 unspecified atom stereocenters. The zero-order valence-corrected chi connectivity index (χ0v) is 11.1. The summed E-state index contributed by atoms with van der Waals surface area (Å²) in [6, 6.07) is 5.58. The molecule has 1 N–H and O–H groups in total. The van der Waals surface area contributed by atoms with E-state index in [0.717, 1.165) is 16.3 Å². The molecule has 0 fully saturated rings. The highest BCUT2D eigenvalue weighted by atomic mass is 32.2. The van der Waals surface area contributed by atoms with Crippen molar-refractivity contribution in [3.8, 4) is 0 Å². The van der Waals surface area contributed by atoms with Gasteiger partial charge in [0.25, 0.3) is 0 Å². The van der Waals surface area contributed by atoms with Crippen molar-refractivity contribution in [1.29, 1.82) is 0 Å². The van der Waals surface area contributed by atoms with Crippen LogP contribution in [-0.2, 0) is 0 Å². The summed E-state index contributed by atoms with van der Waals surface area (Å²) in [4.78, 5) is 5.15. The Bertz CT molecular complexity index is 485. The molecule has 0 radical (unpaired) electrons. The summed E-state index contributed by atoms with van der Waals surface area (Å²) in [5, 5.41) is 2.56. The molecule has 0 aliphatic carbocycles. The molecular formula is C11H12FN3S2. The predicted molar refractivity (Wildman–Crippen MR) is 72.3 cm³/mol. The van der Waals surface area contributed by atoms with Crippen LogP contribution in [0.2, 0.25) is 0 Å². The van der Waals surface area contributed by atoms with E-state index in [0.29, 0.717) is 10.8 Å². The lowest BCUT2D eigenvalue weighted by Crippen LogP contribution is -2.04. The minimum atomic E-state index is 0.586. The highest BCUT2D eigenvalue weighted by Gasteiger charge is 2.05. The van der Waals surface area contributed by atoms with Crippen LogP contribution in [0.1, 0.15) is 5.56 Å². The third kappa shape index (κ3) is 3.10. The number of nitrogens with one attached hydrogen (secondary N) is 1. The molecular weight excluding hydrogens is 257 g/mol. The topological polar surface area (TPSA) is 28.2 Å². The Kier molecular flexibility index (Phi) is 3.86. The zero-order valence-electron chi connectivity index (χ0n) is 9.48. The monoisotopic (exact) mass is 269 g/mol. The Hall–Kier alpha value is -1.27. The summed E-state index contributed by atoms with van der Waals surface area (Å²) >= 11 is 3.01. The lowest BCUT2D eigenvalue weighted by atomic mass is 10.2. The van der Waals surface area contributed by atoms with Crippen LogP contribution >= 0.6 is 23.3 Å².